The van der Waals surface area contributed by atoms with Crippen molar-refractivity contribution in [2.75, 3.05) is 14.1 Å². The summed E-state index contributed by atoms with van der Waals surface area (Å²) >= 11 is 0. The highest BCUT2D eigenvalue weighted by molar-refractivity contribution is 5.79. The van der Waals surface area contributed by atoms with Crippen molar-refractivity contribution in [1.29, 1.82) is 0 Å². The van der Waals surface area contributed by atoms with Gasteiger partial charge in [-0.1, -0.05) is 0 Å². The molecule has 0 saturated heterocycles. The van der Waals surface area contributed by atoms with Crippen molar-refractivity contribution >= 4 is 5.84 Å². The number of hydrazone groups is 1. The van der Waals surface area contributed by atoms with Gasteiger partial charge in [0.1, 0.15) is 0 Å². The summed E-state index contributed by atoms with van der Waals surface area (Å²) in [6.07, 6.45) is 0. The second-order valence-electron chi connectivity index (χ2n) is 1.18. The lowest BCUT2D eigenvalue weighted by Gasteiger charge is -1.86. The van der Waals surface area contributed by atoms with E-state index < -0.39 is 0 Å². The van der Waals surface area contributed by atoms with Crippen LogP contribution in [0.15, 0.2) is 15.3 Å². The van der Waals surface area contributed by atoms with Crippen LogP contribution in [0.25, 0.3) is 0 Å². The number of hydrogen-bond donors (Lipinski definition) is 1. The van der Waals surface area contributed by atoms with E-state index in [0.29, 0.717) is 5.84 Å². The number of rotatable bonds is 1. The molecule has 4 nitrogen and oxygen atoms in total. The molecule has 0 aliphatic heterocycles. The highest BCUT2D eigenvalue weighted by Crippen LogP contribution is 1.75. The Hall–Kier alpha value is -0.930. The Bertz CT molecular complexity index is 105. The zero-order valence-electron chi connectivity index (χ0n) is 5.34. The first-order chi connectivity index (χ1) is 3.81. The lowest BCUT2D eigenvalue weighted by molar-refractivity contribution is 0.891. The summed E-state index contributed by atoms with van der Waals surface area (Å²) in [5.74, 6) is 0.634. The number of nitrogens with one attached hydrogen (secondary N) is 1. The van der Waals surface area contributed by atoms with Crippen molar-refractivity contribution in [2.24, 2.45) is 15.3 Å². The highest BCUT2D eigenvalue weighted by atomic mass is 15.3. The molecule has 0 radical (unpaired) electrons. The number of azo groups is 1. The van der Waals surface area contributed by atoms with Crippen molar-refractivity contribution in [3.8, 4) is 0 Å². The van der Waals surface area contributed by atoms with Crippen molar-refractivity contribution in [2.45, 2.75) is 6.92 Å². The van der Waals surface area contributed by atoms with E-state index in [1.165, 1.54) is 0 Å². The van der Waals surface area contributed by atoms with Gasteiger partial charge in [-0.15, -0.1) is 5.11 Å². The van der Waals surface area contributed by atoms with Crippen LogP contribution in [0.1, 0.15) is 6.92 Å². The summed E-state index contributed by atoms with van der Waals surface area (Å²) in [7, 11) is 3.32. The number of amidine groups is 1. The van der Waals surface area contributed by atoms with Crippen LogP contribution < -0.4 is 5.43 Å². The normalized spacial score (nSPS) is 12.6. The fourth-order valence-electron chi connectivity index (χ4n) is 0.329. The Morgan fingerprint density at radius 3 is 2.50 bits per heavy atom. The van der Waals surface area contributed by atoms with E-state index in [4.69, 9.17) is 0 Å². The van der Waals surface area contributed by atoms with Gasteiger partial charge in [0.15, 0.2) is 5.84 Å². The summed E-state index contributed by atoms with van der Waals surface area (Å²) < 4.78 is 0. The second-order valence-corrected chi connectivity index (χ2v) is 1.18. The Balaban J connectivity index is 3.61. The Labute approximate surface area is 48.7 Å². The zero-order chi connectivity index (χ0) is 6.41. The minimum atomic E-state index is 0.634. The molecule has 0 aromatic carbocycles. The maximum Gasteiger partial charge on any atom is 0.167 e. The molecule has 0 spiro atoms. The summed E-state index contributed by atoms with van der Waals surface area (Å²) in [6.45, 7) is 1.77. The molecular formula is C4H10N4. The first-order valence-electron chi connectivity index (χ1n) is 2.32. The summed E-state index contributed by atoms with van der Waals surface area (Å²) in [6, 6.07) is 0. The molecule has 0 rings (SSSR count). The molecule has 0 aliphatic rings. The third kappa shape index (κ3) is 3.27. The molecule has 0 saturated carbocycles. The fourth-order valence-corrected chi connectivity index (χ4v) is 0.329. The van der Waals surface area contributed by atoms with Gasteiger partial charge in [0.2, 0.25) is 0 Å². The highest BCUT2D eigenvalue weighted by Gasteiger charge is 1.77. The smallest absolute Gasteiger partial charge is 0.167 e. The predicted octanol–water partition coefficient (Wildman–Crippen LogP) is 0.621. The van der Waals surface area contributed by atoms with Crippen molar-refractivity contribution < 1.29 is 0 Å². The first-order valence-corrected chi connectivity index (χ1v) is 2.32. The lowest BCUT2D eigenvalue weighted by Crippen LogP contribution is -1.97. The van der Waals surface area contributed by atoms with Gasteiger partial charge in [-0.3, -0.25) is 0 Å². The summed E-state index contributed by atoms with van der Waals surface area (Å²) in [4.78, 5) is 0. The Morgan fingerprint density at radius 1 is 1.50 bits per heavy atom. The molecular weight excluding hydrogens is 104 g/mol. The van der Waals surface area contributed by atoms with Gasteiger partial charge < -0.3 is 5.43 Å². The molecule has 0 bridgehead atoms. The van der Waals surface area contributed by atoms with E-state index in [2.05, 4.69) is 20.8 Å². The first kappa shape index (κ1) is 7.07. The third-order valence-electron chi connectivity index (χ3n) is 0.518. The van der Waals surface area contributed by atoms with E-state index in [9.17, 15) is 0 Å². The standard InChI is InChI=1S/C4H10N4/c1-4(7-5-2)8-6-3/h5H,1-3H3/b7-4-,8-6+. The van der Waals surface area contributed by atoms with Gasteiger partial charge in [0.05, 0.1) is 0 Å². The zero-order valence-corrected chi connectivity index (χ0v) is 5.34. The fraction of sp³-hybridized carbons (Fsp3) is 0.750. The molecule has 0 aliphatic carbocycles. The second kappa shape index (κ2) is 4.23. The minimum absolute atomic E-state index is 0.634. The van der Waals surface area contributed by atoms with Crippen LogP contribution in [0.2, 0.25) is 0 Å². The van der Waals surface area contributed by atoms with E-state index in [1.807, 2.05) is 0 Å². The summed E-state index contributed by atoms with van der Waals surface area (Å²) in [5.41, 5.74) is 2.59. The third-order valence-corrected chi connectivity index (χ3v) is 0.518. The van der Waals surface area contributed by atoms with Crippen molar-refractivity contribution in [1.82, 2.24) is 5.43 Å². The molecule has 0 aromatic rings. The average Bonchev–Trinajstić information content (AvgIpc) is 1.68. The van der Waals surface area contributed by atoms with Crippen molar-refractivity contribution in [3.63, 3.8) is 0 Å². The maximum atomic E-state index is 3.72. The molecule has 0 heterocycles. The topological polar surface area (TPSA) is 49.1 Å². The van der Waals surface area contributed by atoms with Crippen LogP contribution in [0.5, 0.6) is 0 Å². The van der Waals surface area contributed by atoms with Crippen LogP contribution in [0.3, 0.4) is 0 Å². The molecule has 0 unspecified atom stereocenters. The van der Waals surface area contributed by atoms with Crippen LogP contribution in [-0.2, 0) is 0 Å². The summed E-state index contributed by atoms with van der Waals surface area (Å²) in [5, 5.41) is 10.9. The van der Waals surface area contributed by atoms with Crippen LogP contribution in [0, 0.1) is 0 Å². The van der Waals surface area contributed by atoms with Crippen LogP contribution in [0.4, 0.5) is 0 Å². The Morgan fingerprint density at radius 2 is 2.12 bits per heavy atom. The van der Waals surface area contributed by atoms with Gasteiger partial charge in [-0.25, -0.2) is 0 Å². The number of nitrogens with zero attached hydrogens (tertiary/aromatic N) is 3. The van der Waals surface area contributed by atoms with E-state index in [1.54, 1.807) is 21.0 Å². The number of hydrogen-bond acceptors (Lipinski definition) is 3. The van der Waals surface area contributed by atoms with Gasteiger partial charge in [0.25, 0.3) is 0 Å². The SMILES string of the molecule is C/N=N/C(C)=N\NC. The molecule has 4 heteroatoms. The van der Waals surface area contributed by atoms with Crippen molar-refractivity contribution in [3.05, 3.63) is 0 Å². The van der Waals surface area contributed by atoms with Crippen LogP contribution >= 0.6 is 0 Å². The largest absolute Gasteiger partial charge is 0.311 e. The molecule has 0 aromatic heterocycles. The lowest BCUT2D eigenvalue weighted by atomic mass is 10.7. The van der Waals surface area contributed by atoms with Gasteiger partial charge in [-0.2, -0.15) is 10.2 Å². The van der Waals surface area contributed by atoms with Gasteiger partial charge in [-0.05, 0) is 6.92 Å². The Kier molecular flexibility index (Phi) is 3.74. The molecule has 8 heavy (non-hydrogen) atoms. The van der Waals surface area contributed by atoms with E-state index >= 15 is 0 Å². The molecule has 0 amide bonds. The molecule has 1 N–H and O–H groups in total. The molecule has 0 fully saturated rings. The molecule has 46 valence electrons. The van der Waals surface area contributed by atoms with E-state index in [0.717, 1.165) is 0 Å². The monoisotopic (exact) mass is 114 g/mol. The van der Waals surface area contributed by atoms with Gasteiger partial charge in [0, 0.05) is 14.1 Å². The van der Waals surface area contributed by atoms with E-state index in [-0.39, 0.29) is 0 Å². The van der Waals surface area contributed by atoms with Gasteiger partial charge >= 0.3 is 0 Å². The predicted molar refractivity (Wildman–Crippen MR) is 32.9 cm³/mol. The molecule has 0 atom stereocenters. The quantitative estimate of drug-likeness (QED) is 0.231. The van der Waals surface area contributed by atoms with Crippen LogP contribution in [-0.4, -0.2) is 19.9 Å². The maximum absolute atomic E-state index is 3.72. The average molecular weight is 114 g/mol. The minimum Gasteiger partial charge on any atom is -0.311 e.